The number of nitrogens with one attached hydrogen (secondary N) is 1. The number of nitrogens with two attached hydrogens (primary N) is 1. The molecule has 0 heterocycles. The SMILES string of the molecule is COc1cc(N)ccc1S(=O)(=O)Nc1cccc(F)c1C. The number of anilines is 2. The van der Waals surface area contributed by atoms with Gasteiger partial charge in [0.25, 0.3) is 10.0 Å². The molecule has 3 N–H and O–H groups in total. The molecular formula is C14H15FN2O3S. The molecule has 0 saturated carbocycles. The summed E-state index contributed by atoms with van der Waals surface area (Å²) in [5, 5.41) is 0. The molecule has 0 radical (unpaired) electrons. The lowest BCUT2D eigenvalue weighted by Gasteiger charge is -2.13. The van der Waals surface area contributed by atoms with Gasteiger partial charge in [-0.3, -0.25) is 4.72 Å². The van der Waals surface area contributed by atoms with Crippen LogP contribution in [0.3, 0.4) is 0 Å². The molecule has 0 bridgehead atoms. The van der Waals surface area contributed by atoms with Crippen molar-refractivity contribution in [2.45, 2.75) is 11.8 Å². The van der Waals surface area contributed by atoms with Crippen LogP contribution in [0.25, 0.3) is 0 Å². The highest BCUT2D eigenvalue weighted by Crippen LogP contribution is 2.29. The van der Waals surface area contributed by atoms with Crippen LogP contribution in [0.1, 0.15) is 5.56 Å². The first-order valence-corrected chi connectivity index (χ1v) is 7.55. The number of sulfonamides is 1. The highest BCUT2D eigenvalue weighted by Gasteiger charge is 2.21. The summed E-state index contributed by atoms with van der Waals surface area (Å²) in [6.07, 6.45) is 0. The zero-order chi connectivity index (χ0) is 15.6. The van der Waals surface area contributed by atoms with E-state index in [1.807, 2.05) is 0 Å². The number of hydrogen-bond acceptors (Lipinski definition) is 4. The average Bonchev–Trinajstić information content (AvgIpc) is 2.43. The molecule has 0 unspecified atom stereocenters. The van der Waals surface area contributed by atoms with Gasteiger partial charge in [0.2, 0.25) is 0 Å². The lowest BCUT2D eigenvalue weighted by Crippen LogP contribution is -2.15. The Kier molecular flexibility index (Phi) is 4.04. The van der Waals surface area contributed by atoms with Crippen LogP contribution in [0.4, 0.5) is 15.8 Å². The predicted molar refractivity (Wildman–Crippen MR) is 79.4 cm³/mol. The number of rotatable bonds is 4. The highest BCUT2D eigenvalue weighted by molar-refractivity contribution is 7.92. The summed E-state index contributed by atoms with van der Waals surface area (Å²) in [4.78, 5) is -0.0668. The number of methoxy groups -OCH3 is 1. The van der Waals surface area contributed by atoms with Gasteiger partial charge in [0, 0.05) is 17.3 Å². The van der Waals surface area contributed by atoms with Gasteiger partial charge in [0.1, 0.15) is 16.5 Å². The molecule has 112 valence electrons. The van der Waals surface area contributed by atoms with Crippen molar-refractivity contribution in [1.29, 1.82) is 0 Å². The zero-order valence-electron chi connectivity index (χ0n) is 11.6. The molecule has 7 heteroatoms. The molecule has 0 aliphatic heterocycles. The van der Waals surface area contributed by atoms with Gasteiger partial charge < -0.3 is 10.5 Å². The van der Waals surface area contributed by atoms with Crippen LogP contribution < -0.4 is 15.2 Å². The molecule has 0 amide bonds. The molecule has 5 nitrogen and oxygen atoms in total. The van der Waals surface area contributed by atoms with Crippen LogP contribution in [0, 0.1) is 12.7 Å². The first-order valence-electron chi connectivity index (χ1n) is 6.06. The quantitative estimate of drug-likeness (QED) is 0.850. The van der Waals surface area contributed by atoms with Gasteiger partial charge in [0.15, 0.2) is 0 Å². The third-order valence-electron chi connectivity index (χ3n) is 2.99. The second-order valence-corrected chi connectivity index (χ2v) is 6.08. The molecule has 0 aromatic heterocycles. The van der Waals surface area contributed by atoms with E-state index in [2.05, 4.69) is 4.72 Å². The Morgan fingerprint density at radius 1 is 1.24 bits per heavy atom. The number of halogens is 1. The van der Waals surface area contributed by atoms with Crippen molar-refractivity contribution in [1.82, 2.24) is 0 Å². The van der Waals surface area contributed by atoms with Crippen LogP contribution in [-0.2, 0) is 10.0 Å². The van der Waals surface area contributed by atoms with E-state index in [1.54, 1.807) is 0 Å². The number of hydrogen-bond donors (Lipinski definition) is 2. The summed E-state index contributed by atoms with van der Waals surface area (Å²) in [5.41, 5.74) is 6.37. The van der Waals surface area contributed by atoms with E-state index < -0.39 is 15.8 Å². The fourth-order valence-electron chi connectivity index (χ4n) is 1.82. The molecule has 2 rings (SSSR count). The smallest absolute Gasteiger partial charge is 0.265 e. The lowest BCUT2D eigenvalue weighted by atomic mass is 10.2. The van der Waals surface area contributed by atoms with Gasteiger partial charge in [0.05, 0.1) is 12.8 Å². The fraction of sp³-hybridized carbons (Fsp3) is 0.143. The molecule has 2 aromatic carbocycles. The fourth-order valence-corrected chi connectivity index (χ4v) is 3.10. The van der Waals surface area contributed by atoms with Gasteiger partial charge in [-0.15, -0.1) is 0 Å². The van der Waals surface area contributed by atoms with Crippen molar-refractivity contribution in [3.05, 3.63) is 47.8 Å². The van der Waals surface area contributed by atoms with Gasteiger partial charge in [-0.2, -0.15) is 0 Å². The van der Waals surface area contributed by atoms with E-state index in [0.717, 1.165) is 0 Å². The van der Waals surface area contributed by atoms with E-state index in [0.29, 0.717) is 5.69 Å². The summed E-state index contributed by atoms with van der Waals surface area (Å²) in [6, 6.07) is 8.38. The van der Waals surface area contributed by atoms with Gasteiger partial charge in [-0.1, -0.05) is 6.07 Å². The van der Waals surface area contributed by atoms with Gasteiger partial charge >= 0.3 is 0 Å². The summed E-state index contributed by atoms with van der Waals surface area (Å²) in [6.45, 7) is 1.49. The second kappa shape index (κ2) is 5.61. The van der Waals surface area contributed by atoms with Crippen LogP contribution in [0.15, 0.2) is 41.3 Å². The molecule has 21 heavy (non-hydrogen) atoms. The number of benzene rings is 2. The third kappa shape index (κ3) is 3.08. The van der Waals surface area contributed by atoms with Crippen LogP contribution in [-0.4, -0.2) is 15.5 Å². The number of ether oxygens (including phenoxy) is 1. The monoisotopic (exact) mass is 310 g/mol. The Bertz CT molecular complexity index is 776. The lowest BCUT2D eigenvalue weighted by molar-refractivity contribution is 0.403. The minimum atomic E-state index is -3.91. The maximum Gasteiger partial charge on any atom is 0.265 e. The molecule has 0 aliphatic carbocycles. The molecule has 2 aromatic rings. The van der Waals surface area contributed by atoms with Gasteiger partial charge in [-0.25, -0.2) is 12.8 Å². The van der Waals surface area contributed by atoms with Crippen LogP contribution in [0.2, 0.25) is 0 Å². The van der Waals surface area contributed by atoms with Crippen molar-refractivity contribution in [2.24, 2.45) is 0 Å². The second-order valence-electron chi connectivity index (χ2n) is 4.43. The number of nitrogen functional groups attached to an aromatic ring is 1. The first-order chi connectivity index (χ1) is 9.85. The van der Waals surface area contributed by atoms with Crippen molar-refractivity contribution in [3.63, 3.8) is 0 Å². The van der Waals surface area contributed by atoms with E-state index in [-0.39, 0.29) is 21.9 Å². The largest absolute Gasteiger partial charge is 0.495 e. The van der Waals surface area contributed by atoms with E-state index in [4.69, 9.17) is 10.5 Å². The Morgan fingerprint density at radius 3 is 2.62 bits per heavy atom. The molecule has 0 atom stereocenters. The molecule has 0 spiro atoms. The Morgan fingerprint density at radius 2 is 1.95 bits per heavy atom. The van der Waals surface area contributed by atoms with Crippen molar-refractivity contribution >= 4 is 21.4 Å². The Balaban J connectivity index is 2.46. The minimum absolute atomic E-state index is 0.0668. The maximum absolute atomic E-state index is 13.5. The van der Waals surface area contributed by atoms with E-state index in [9.17, 15) is 12.8 Å². The molecule has 0 fully saturated rings. The van der Waals surface area contributed by atoms with Crippen molar-refractivity contribution in [2.75, 3.05) is 17.6 Å². The average molecular weight is 310 g/mol. The third-order valence-corrected chi connectivity index (χ3v) is 4.39. The summed E-state index contributed by atoms with van der Waals surface area (Å²) < 4.78 is 45.7. The Labute approximate surface area is 122 Å². The minimum Gasteiger partial charge on any atom is -0.495 e. The normalized spacial score (nSPS) is 11.2. The summed E-state index contributed by atoms with van der Waals surface area (Å²) >= 11 is 0. The van der Waals surface area contributed by atoms with Crippen molar-refractivity contribution < 1.29 is 17.5 Å². The highest BCUT2D eigenvalue weighted by atomic mass is 32.2. The molecule has 0 saturated heterocycles. The molecular weight excluding hydrogens is 295 g/mol. The van der Waals surface area contributed by atoms with Crippen molar-refractivity contribution in [3.8, 4) is 5.75 Å². The standard InChI is InChI=1S/C14H15FN2O3S/c1-9-11(15)4-3-5-12(9)17-21(18,19)14-7-6-10(16)8-13(14)20-2/h3-8,17H,16H2,1-2H3. The predicted octanol–water partition coefficient (Wildman–Crippen LogP) is 2.53. The topological polar surface area (TPSA) is 81.4 Å². The van der Waals surface area contributed by atoms with Crippen LogP contribution >= 0.6 is 0 Å². The summed E-state index contributed by atoms with van der Waals surface area (Å²) in [7, 11) is -2.56. The maximum atomic E-state index is 13.5. The molecule has 0 aliphatic rings. The summed E-state index contributed by atoms with van der Waals surface area (Å²) in [5.74, 6) is -0.365. The van der Waals surface area contributed by atoms with Crippen LogP contribution in [0.5, 0.6) is 5.75 Å². The Hall–Kier alpha value is -2.28. The zero-order valence-corrected chi connectivity index (χ0v) is 12.4. The first kappa shape index (κ1) is 15.1. The van der Waals surface area contributed by atoms with Gasteiger partial charge in [-0.05, 0) is 31.2 Å². The van der Waals surface area contributed by atoms with E-state index in [1.165, 1.54) is 50.4 Å². The van der Waals surface area contributed by atoms with E-state index >= 15 is 0 Å².